The van der Waals surface area contributed by atoms with Crippen LogP contribution >= 0.6 is 11.8 Å². The first-order valence-electron chi connectivity index (χ1n) is 7.76. The van der Waals surface area contributed by atoms with Crippen molar-refractivity contribution in [2.75, 3.05) is 12.4 Å². The topological polar surface area (TPSA) is 38.3 Å². The van der Waals surface area contributed by atoms with Crippen molar-refractivity contribution in [1.82, 2.24) is 0 Å². The van der Waals surface area contributed by atoms with Crippen LogP contribution in [0.25, 0.3) is 10.8 Å². The van der Waals surface area contributed by atoms with Crippen LogP contribution in [0.1, 0.15) is 6.92 Å². The molecule has 0 bridgehead atoms. The second-order valence-electron chi connectivity index (χ2n) is 5.49. The number of carbonyl (C=O) groups is 1. The van der Waals surface area contributed by atoms with Crippen LogP contribution in [0, 0.1) is 0 Å². The number of nitrogens with one attached hydrogen (secondary N) is 1. The van der Waals surface area contributed by atoms with E-state index in [1.807, 2.05) is 43.3 Å². The van der Waals surface area contributed by atoms with Crippen molar-refractivity contribution >= 4 is 34.1 Å². The van der Waals surface area contributed by atoms with E-state index in [1.54, 1.807) is 18.9 Å². The number of rotatable bonds is 5. The van der Waals surface area contributed by atoms with Crippen LogP contribution in [-0.4, -0.2) is 18.3 Å². The summed E-state index contributed by atoms with van der Waals surface area (Å²) in [5.74, 6) is 0.755. The number of anilines is 1. The second-order valence-corrected chi connectivity index (χ2v) is 6.90. The average molecular weight is 337 g/mol. The minimum absolute atomic E-state index is 0.0154. The van der Waals surface area contributed by atoms with Crippen LogP contribution in [0.5, 0.6) is 5.75 Å². The van der Waals surface area contributed by atoms with Crippen molar-refractivity contribution in [1.29, 1.82) is 0 Å². The van der Waals surface area contributed by atoms with Crippen molar-refractivity contribution in [3.8, 4) is 5.75 Å². The molecule has 0 unspecified atom stereocenters. The Morgan fingerprint density at radius 3 is 2.42 bits per heavy atom. The van der Waals surface area contributed by atoms with E-state index >= 15 is 0 Å². The number of ether oxygens (including phenoxy) is 1. The van der Waals surface area contributed by atoms with E-state index < -0.39 is 0 Å². The highest BCUT2D eigenvalue weighted by Gasteiger charge is 2.14. The Morgan fingerprint density at radius 1 is 1.00 bits per heavy atom. The number of thioether (sulfide) groups is 1. The molecule has 3 aromatic rings. The van der Waals surface area contributed by atoms with Crippen LogP contribution in [0.2, 0.25) is 0 Å². The van der Waals surface area contributed by atoms with Gasteiger partial charge in [0.25, 0.3) is 0 Å². The standard InChI is InChI=1S/C20H19NO2S/c1-14(20(22)21-17-8-10-18(23-2)11-9-17)24-19-12-7-15-5-3-4-6-16(15)13-19/h3-14H,1-2H3,(H,21,22)/t14-/m0/s1. The highest BCUT2D eigenvalue weighted by molar-refractivity contribution is 8.00. The molecule has 4 heteroatoms. The third kappa shape index (κ3) is 3.89. The lowest BCUT2D eigenvalue weighted by molar-refractivity contribution is -0.115. The maximum absolute atomic E-state index is 12.4. The Hall–Kier alpha value is -2.46. The third-order valence-electron chi connectivity index (χ3n) is 3.76. The lowest BCUT2D eigenvalue weighted by atomic mass is 10.1. The fourth-order valence-electron chi connectivity index (χ4n) is 2.42. The largest absolute Gasteiger partial charge is 0.497 e. The first-order valence-corrected chi connectivity index (χ1v) is 8.64. The summed E-state index contributed by atoms with van der Waals surface area (Å²) in [6.07, 6.45) is 0. The molecule has 3 rings (SSSR count). The number of benzene rings is 3. The molecule has 0 aliphatic rings. The number of hydrogen-bond acceptors (Lipinski definition) is 3. The van der Waals surface area contributed by atoms with Gasteiger partial charge in [-0.1, -0.05) is 30.3 Å². The molecule has 24 heavy (non-hydrogen) atoms. The number of hydrogen-bond donors (Lipinski definition) is 1. The van der Waals surface area contributed by atoms with Gasteiger partial charge in [-0.2, -0.15) is 0 Å². The Bertz CT molecular complexity index is 846. The van der Waals surface area contributed by atoms with Crippen molar-refractivity contribution in [3.05, 3.63) is 66.7 Å². The molecule has 0 aliphatic heterocycles. The van der Waals surface area contributed by atoms with Gasteiger partial charge in [0.15, 0.2) is 0 Å². The maximum Gasteiger partial charge on any atom is 0.237 e. The molecule has 0 radical (unpaired) electrons. The molecule has 0 saturated heterocycles. The van der Waals surface area contributed by atoms with Gasteiger partial charge in [-0.3, -0.25) is 4.79 Å². The van der Waals surface area contributed by atoms with Crippen molar-refractivity contribution in [2.24, 2.45) is 0 Å². The fourth-order valence-corrected chi connectivity index (χ4v) is 3.33. The zero-order valence-corrected chi connectivity index (χ0v) is 14.5. The van der Waals surface area contributed by atoms with Crippen LogP contribution < -0.4 is 10.1 Å². The number of amides is 1. The molecule has 0 aromatic heterocycles. The first-order chi connectivity index (χ1) is 11.7. The van der Waals surface area contributed by atoms with E-state index in [0.717, 1.165) is 16.3 Å². The summed E-state index contributed by atoms with van der Waals surface area (Å²) in [5, 5.41) is 5.14. The Kier molecular flexibility index (Phi) is 5.06. The second kappa shape index (κ2) is 7.41. The Morgan fingerprint density at radius 2 is 1.71 bits per heavy atom. The molecule has 0 fully saturated rings. The number of methoxy groups -OCH3 is 1. The van der Waals surface area contributed by atoms with Crippen molar-refractivity contribution in [2.45, 2.75) is 17.1 Å². The monoisotopic (exact) mass is 337 g/mol. The van der Waals surface area contributed by atoms with Crippen LogP contribution in [0.15, 0.2) is 71.6 Å². The molecule has 1 atom stereocenters. The van der Waals surface area contributed by atoms with E-state index in [-0.39, 0.29) is 11.2 Å². The molecule has 1 N–H and O–H groups in total. The minimum Gasteiger partial charge on any atom is -0.497 e. The first kappa shape index (κ1) is 16.4. The Balaban J connectivity index is 1.65. The molecule has 0 heterocycles. The molecule has 1 amide bonds. The lowest BCUT2D eigenvalue weighted by Gasteiger charge is -2.13. The van der Waals surface area contributed by atoms with Gasteiger partial charge in [0.05, 0.1) is 12.4 Å². The van der Waals surface area contributed by atoms with Crippen LogP contribution in [-0.2, 0) is 4.79 Å². The van der Waals surface area contributed by atoms with Gasteiger partial charge in [0.1, 0.15) is 5.75 Å². The van der Waals surface area contributed by atoms with E-state index in [9.17, 15) is 4.79 Å². The molecule has 3 aromatic carbocycles. The molecular weight excluding hydrogens is 318 g/mol. The predicted octanol–water partition coefficient (Wildman–Crippen LogP) is 4.97. The van der Waals surface area contributed by atoms with E-state index in [0.29, 0.717) is 0 Å². The fraction of sp³-hybridized carbons (Fsp3) is 0.150. The lowest BCUT2D eigenvalue weighted by Crippen LogP contribution is -2.22. The zero-order chi connectivity index (χ0) is 16.9. The summed E-state index contributed by atoms with van der Waals surface area (Å²) in [6, 6.07) is 21.8. The Labute approximate surface area is 146 Å². The molecular formula is C20H19NO2S. The quantitative estimate of drug-likeness (QED) is 0.668. The summed E-state index contributed by atoms with van der Waals surface area (Å²) in [4.78, 5) is 13.5. The van der Waals surface area contributed by atoms with Crippen LogP contribution in [0.4, 0.5) is 5.69 Å². The van der Waals surface area contributed by atoms with Crippen molar-refractivity contribution in [3.63, 3.8) is 0 Å². The third-order valence-corrected chi connectivity index (χ3v) is 4.85. The summed E-state index contributed by atoms with van der Waals surface area (Å²) < 4.78 is 5.12. The number of fused-ring (bicyclic) bond motifs is 1. The molecule has 0 saturated carbocycles. The molecule has 122 valence electrons. The molecule has 3 nitrogen and oxygen atoms in total. The smallest absolute Gasteiger partial charge is 0.237 e. The molecule has 0 spiro atoms. The zero-order valence-electron chi connectivity index (χ0n) is 13.7. The highest BCUT2D eigenvalue weighted by Crippen LogP contribution is 2.27. The van der Waals surface area contributed by atoms with Crippen molar-refractivity contribution < 1.29 is 9.53 Å². The van der Waals surface area contributed by atoms with Gasteiger partial charge in [-0.15, -0.1) is 11.8 Å². The summed E-state index contributed by atoms with van der Waals surface area (Å²) in [7, 11) is 1.62. The van der Waals surface area contributed by atoms with Gasteiger partial charge < -0.3 is 10.1 Å². The molecule has 0 aliphatic carbocycles. The van der Waals surface area contributed by atoms with Gasteiger partial charge in [-0.05, 0) is 54.1 Å². The van der Waals surface area contributed by atoms with Gasteiger partial charge in [-0.25, -0.2) is 0 Å². The maximum atomic E-state index is 12.4. The predicted molar refractivity (Wildman–Crippen MR) is 101 cm³/mol. The van der Waals surface area contributed by atoms with Gasteiger partial charge >= 0.3 is 0 Å². The summed E-state index contributed by atoms with van der Waals surface area (Å²) in [5.41, 5.74) is 0.770. The van der Waals surface area contributed by atoms with E-state index in [4.69, 9.17) is 4.74 Å². The summed E-state index contributed by atoms with van der Waals surface area (Å²) in [6.45, 7) is 1.92. The summed E-state index contributed by atoms with van der Waals surface area (Å²) >= 11 is 1.56. The highest BCUT2D eigenvalue weighted by atomic mass is 32.2. The normalized spacial score (nSPS) is 11.9. The van der Waals surface area contributed by atoms with Gasteiger partial charge in [0, 0.05) is 10.6 Å². The van der Waals surface area contributed by atoms with E-state index in [2.05, 4.69) is 35.6 Å². The number of carbonyl (C=O) groups excluding carboxylic acids is 1. The minimum atomic E-state index is -0.187. The SMILES string of the molecule is COc1ccc(NC(=O)[C@H](C)Sc2ccc3ccccc3c2)cc1. The van der Waals surface area contributed by atoms with E-state index in [1.165, 1.54) is 10.8 Å². The van der Waals surface area contributed by atoms with Crippen LogP contribution in [0.3, 0.4) is 0 Å². The average Bonchev–Trinajstić information content (AvgIpc) is 2.62. The van der Waals surface area contributed by atoms with Gasteiger partial charge in [0.2, 0.25) is 5.91 Å².